The van der Waals surface area contributed by atoms with Gasteiger partial charge in [-0.25, -0.2) is 4.79 Å². The molecular weight excluding hydrogens is 313 g/mol. The number of aryl methyl sites for hydroxylation is 1. The maximum Gasteiger partial charge on any atom is 0.435 e. The van der Waals surface area contributed by atoms with E-state index in [9.17, 15) is 18.0 Å². The number of hydrogen-bond acceptors (Lipinski definition) is 4. The van der Waals surface area contributed by atoms with Gasteiger partial charge in [-0.1, -0.05) is 11.6 Å². The highest BCUT2D eigenvalue weighted by Crippen LogP contribution is 2.34. The molecule has 0 aliphatic heterocycles. The first-order valence-electron chi connectivity index (χ1n) is 5.93. The molecule has 0 aliphatic rings. The lowest BCUT2D eigenvalue weighted by Gasteiger charge is -2.05. The van der Waals surface area contributed by atoms with Crippen molar-refractivity contribution in [1.82, 2.24) is 29.6 Å². The number of hydrogen-bond donors (Lipinski definition) is 0. The largest absolute Gasteiger partial charge is 0.435 e. The fourth-order valence-electron chi connectivity index (χ4n) is 1.77. The number of nitrogens with zero attached hydrogens (tertiary/aromatic N) is 6. The monoisotopic (exact) mass is 324 g/mol. The lowest BCUT2D eigenvalue weighted by molar-refractivity contribution is -0.142. The summed E-state index contributed by atoms with van der Waals surface area (Å²) in [7, 11) is 1.29. The average Bonchev–Trinajstić information content (AvgIpc) is 2.85. The molecule has 7 nitrogen and oxygen atoms in total. The van der Waals surface area contributed by atoms with Crippen LogP contribution in [0.25, 0.3) is 0 Å². The van der Waals surface area contributed by atoms with Crippen molar-refractivity contribution in [3.05, 3.63) is 26.9 Å². The van der Waals surface area contributed by atoms with Crippen LogP contribution in [0, 0.1) is 0 Å². The van der Waals surface area contributed by atoms with Gasteiger partial charge in [0.2, 0.25) is 0 Å². The van der Waals surface area contributed by atoms with Gasteiger partial charge < -0.3 is 0 Å². The normalized spacial score (nSPS) is 12.4. The van der Waals surface area contributed by atoms with Crippen LogP contribution in [0.1, 0.15) is 31.1 Å². The van der Waals surface area contributed by atoms with Crippen molar-refractivity contribution in [2.75, 3.05) is 0 Å². The van der Waals surface area contributed by atoms with Crippen molar-refractivity contribution in [2.24, 2.45) is 7.05 Å². The molecule has 0 saturated carbocycles. The van der Waals surface area contributed by atoms with E-state index in [0.29, 0.717) is 0 Å². The van der Waals surface area contributed by atoms with E-state index in [1.54, 1.807) is 13.8 Å². The molecule has 2 heterocycles. The summed E-state index contributed by atoms with van der Waals surface area (Å²) in [6.45, 7) is 2.96. The van der Waals surface area contributed by atoms with Gasteiger partial charge in [0.05, 0.1) is 12.6 Å². The van der Waals surface area contributed by atoms with Crippen LogP contribution in [-0.2, 0) is 19.8 Å². The Hall–Kier alpha value is -1.84. The van der Waals surface area contributed by atoms with Crippen LogP contribution in [0.15, 0.2) is 4.79 Å². The minimum atomic E-state index is -4.67. The molecule has 0 atom stereocenters. The van der Waals surface area contributed by atoms with Gasteiger partial charge in [-0.15, -0.1) is 0 Å². The molecule has 0 N–H and O–H groups in total. The Kier molecular flexibility index (Phi) is 3.83. The maximum atomic E-state index is 12.9. The lowest BCUT2D eigenvalue weighted by Crippen LogP contribution is -2.27. The predicted octanol–water partition coefficient (Wildman–Crippen LogP) is 1.47. The van der Waals surface area contributed by atoms with Crippen LogP contribution in [0.3, 0.4) is 0 Å². The first-order valence-corrected chi connectivity index (χ1v) is 6.31. The van der Waals surface area contributed by atoms with Gasteiger partial charge in [-0.3, -0.25) is 4.68 Å². The average molecular weight is 325 g/mol. The van der Waals surface area contributed by atoms with Gasteiger partial charge >= 0.3 is 11.9 Å². The van der Waals surface area contributed by atoms with Gasteiger partial charge in [0.25, 0.3) is 0 Å². The second kappa shape index (κ2) is 5.17. The minimum absolute atomic E-state index is 0.201. The van der Waals surface area contributed by atoms with E-state index < -0.39 is 24.1 Å². The second-order valence-corrected chi connectivity index (χ2v) is 5.05. The standard InChI is InChI=1S/C10H12ClF3N6O/c1-5(2)20-9(21)19(16-17-20)4-6-7(10(12,13)14)15-18(3)8(6)11/h5H,4H2,1-3H3. The molecule has 0 aromatic carbocycles. The Morgan fingerprint density at radius 2 is 1.90 bits per heavy atom. The Bertz CT molecular complexity index is 713. The summed E-state index contributed by atoms with van der Waals surface area (Å²) in [6, 6.07) is -0.252. The number of tetrazole rings is 1. The summed E-state index contributed by atoms with van der Waals surface area (Å²) in [5.74, 6) is 0. The molecule has 11 heteroatoms. The third kappa shape index (κ3) is 2.80. The summed E-state index contributed by atoms with van der Waals surface area (Å²) in [5, 5.41) is 10.3. The quantitative estimate of drug-likeness (QED) is 0.857. The molecular formula is C10H12ClF3N6O. The van der Waals surface area contributed by atoms with Gasteiger partial charge in [0.1, 0.15) is 5.15 Å². The van der Waals surface area contributed by atoms with E-state index >= 15 is 0 Å². The summed E-state index contributed by atoms with van der Waals surface area (Å²) >= 11 is 5.82. The fourth-order valence-corrected chi connectivity index (χ4v) is 1.96. The SMILES string of the molecule is CC(C)n1nnn(Cc2c(C(F)(F)F)nn(C)c2Cl)c1=O. The van der Waals surface area contributed by atoms with E-state index in [0.717, 1.165) is 14.0 Å². The highest BCUT2D eigenvalue weighted by Gasteiger charge is 2.39. The Morgan fingerprint density at radius 3 is 2.38 bits per heavy atom. The molecule has 2 rings (SSSR count). The molecule has 0 saturated heterocycles. The van der Waals surface area contributed by atoms with Crippen LogP contribution < -0.4 is 5.69 Å². The van der Waals surface area contributed by atoms with Crippen LogP contribution in [-0.4, -0.2) is 29.6 Å². The van der Waals surface area contributed by atoms with E-state index in [1.807, 2.05) is 0 Å². The van der Waals surface area contributed by atoms with Crippen molar-refractivity contribution in [3.63, 3.8) is 0 Å². The first-order chi connectivity index (χ1) is 9.62. The third-order valence-electron chi connectivity index (χ3n) is 2.80. The third-order valence-corrected chi connectivity index (χ3v) is 3.27. The summed E-state index contributed by atoms with van der Waals surface area (Å²) in [4.78, 5) is 11.9. The topological polar surface area (TPSA) is 70.5 Å². The fraction of sp³-hybridized carbons (Fsp3) is 0.600. The maximum absolute atomic E-state index is 12.9. The Labute approximate surface area is 121 Å². The zero-order valence-electron chi connectivity index (χ0n) is 11.4. The van der Waals surface area contributed by atoms with Crippen LogP contribution in [0.4, 0.5) is 13.2 Å². The van der Waals surface area contributed by atoms with E-state index in [2.05, 4.69) is 15.5 Å². The second-order valence-electron chi connectivity index (χ2n) is 4.70. The van der Waals surface area contributed by atoms with Crippen molar-refractivity contribution in [3.8, 4) is 0 Å². The molecule has 0 fully saturated rings. The molecule has 0 spiro atoms. The minimum Gasteiger partial charge on any atom is -0.256 e. The van der Waals surface area contributed by atoms with Gasteiger partial charge in [0.15, 0.2) is 5.69 Å². The predicted molar refractivity (Wildman–Crippen MR) is 67.0 cm³/mol. The smallest absolute Gasteiger partial charge is 0.256 e. The number of aromatic nitrogens is 6. The first kappa shape index (κ1) is 15.5. The zero-order chi connectivity index (χ0) is 15.9. The van der Waals surface area contributed by atoms with Gasteiger partial charge in [0, 0.05) is 12.6 Å². The van der Waals surface area contributed by atoms with Crippen LogP contribution >= 0.6 is 11.6 Å². The molecule has 0 bridgehead atoms. The Morgan fingerprint density at radius 1 is 1.29 bits per heavy atom. The lowest BCUT2D eigenvalue weighted by atomic mass is 10.2. The van der Waals surface area contributed by atoms with Gasteiger partial charge in [-0.05, 0) is 24.3 Å². The Balaban J connectivity index is 2.48. The molecule has 21 heavy (non-hydrogen) atoms. The van der Waals surface area contributed by atoms with Gasteiger partial charge in [-0.2, -0.15) is 27.6 Å². The summed E-state index contributed by atoms with van der Waals surface area (Å²) in [5.41, 5.74) is -2.07. The summed E-state index contributed by atoms with van der Waals surface area (Å²) in [6.07, 6.45) is -4.67. The van der Waals surface area contributed by atoms with Crippen molar-refractivity contribution < 1.29 is 13.2 Å². The highest BCUT2D eigenvalue weighted by molar-refractivity contribution is 6.30. The molecule has 0 aliphatic carbocycles. The van der Waals surface area contributed by atoms with Crippen LogP contribution in [0.5, 0.6) is 0 Å². The van der Waals surface area contributed by atoms with Crippen molar-refractivity contribution in [1.29, 1.82) is 0 Å². The van der Waals surface area contributed by atoms with Crippen molar-refractivity contribution >= 4 is 11.6 Å². The van der Waals surface area contributed by atoms with E-state index in [-0.39, 0.29) is 16.8 Å². The number of rotatable bonds is 3. The highest BCUT2D eigenvalue weighted by atomic mass is 35.5. The zero-order valence-corrected chi connectivity index (χ0v) is 12.1. The number of halogens is 4. The molecule has 2 aromatic heterocycles. The molecule has 2 aromatic rings. The molecule has 0 unspecified atom stereocenters. The summed E-state index contributed by atoms with van der Waals surface area (Å²) < 4.78 is 41.5. The number of alkyl halides is 3. The van der Waals surface area contributed by atoms with E-state index in [1.165, 1.54) is 7.05 Å². The van der Waals surface area contributed by atoms with E-state index in [4.69, 9.17) is 11.6 Å². The molecule has 0 amide bonds. The molecule has 116 valence electrons. The van der Waals surface area contributed by atoms with Crippen LogP contribution in [0.2, 0.25) is 5.15 Å². The van der Waals surface area contributed by atoms with Crippen molar-refractivity contribution in [2.45, 2.75) is 32.6 Å². The molecule has 0 radical (unpaired) electrons.